The fourth-order valence-electron chi connectivity index (χ4n) is 3.05. The van der Waals surface area contributed by atoms with E-state index >= 15 is 0 Å². The summed E-state index contributed by atoms with van der Waals surface area (Å²) in [6, 6.07) is 11.3. The molecule has 0 radical (unpaired) electrons. The van der Waals surface area contributed by atoms with Gasteiger partial charge in [-0.2, -0.15) is 0 Å². The first-order valence-corrected chi connectivity index (χ1v) is 9.61. The molecule has 0 aliphatic carbocycles. The number of nitrogens with zero attached hydrogens (tertiary/aromatic N) is 1. The third-order valence-electron chi connectivity index (χ3n) is 4.21. The third kappa shape index (κ3) is 3.53. The van der Waals surface area contributed by atoms with E-state index in [4.69, 9.17) is 4.74 Å². The Labute approximate surface area is 156 Å². The first kappa shape index (κ1) is 18.6. The predicted molar refractivity (Wildman–Crippen MR) is 108 cm³/mol. The van der Waals surface area contributed by atoms with Crippen LogP contribution in [-0.2, 0) is 0 Å². The van der Waals surface area contributed by atoms with E-state index < -0.39 is 0 Å². The van der Waals surface area contributed by atoms with Gasteiger partial charge in [0.2, 0.25) is 0 Å². The van der Waals surface area contributed by atoms with E-state index in [0.29, 0.717) is 36.2 Å². The van der Waals surface area contributed by atoms with Gasteiger partial charge in [-0.15, -0.1) is 11.3 Å². The Bertz CT molecular complexity index is 948. The van der Waals surface area contributed by atoms with Crippen molar-refractivity contribution in [3.05, 3.63) is 46.6 Å². The second-order valence-corrected chi connectivity index (χ2v) is 7.05. The minimum atomic E-state index is -0.0548. The van der Waals surface area contributed by atoms with Crippen LogP contribution in [-0.4, -0.2) is 43.1 Å². The number of benzene rings is 2. The normalized spacial score (nSPS) is 11.2. The van der Waals surface area contributed by atoms with E-state index in [2.05, 4.69) is 0 Å². The maximum Gasteiger partial charge on any atom is 0.198 e. The third-order valence-corrected chi connectivity index (χ3v) is 5.40. The highest BCUT2D eigenvalue weighted by atomic mass is 32.1. The summed E-state index contributed by atoms with van der Waals surface area (Å²) in [6.07, 6.45) is 0.882. The van der Waals surface area contributed by atoms with Gasteiger partial charge in [0, 0.05) is 28.9 Å². The van der Waals surface area contributed by atoms with Crippen molar-refractivity contribution in [3.8, 4) is 5.75 Å². The van der Waals surface area contributed by atoms with E-state index in [1.165, 1.54) is 11.3 Å². The van der Waals surface area contributed by atoms with Crippen molar-refractivity contribution in [1.82, 2.24) is 0 Å². The van der Waals surface area contributed by atoms with Gasteiger partial charge in [0.15, 0.2) is 5.43 Å². The van der Waals surface area contributed by atoms with Crippen LogP contribution in [0.15, 0.2) is 41.2 Å². The molecule has 1 aromatic heterocycles. The lowest BCUT2D eigenvalue weighted by atomic mass is 10.1. The first-order valence-electron chi connectivity index (χ1n) is 8.79. The molecular formula is C20H23NO4S. The molecule has 0 amide bonds. The zero-order valence-electron chi connectivity index (χ0n) is 14.8. The largest absolute Gasteiger partial charge is 0.492 e. The van der Waals surface area contributed by atoms with Crippen LogP contribution in [0.1, 0.15) is 13.3 Å². The summed E-state index contributed by atoms with van der Waals surface area (Å²) in [5, 5.41) is 20.0. The van der Waals surface area contributed by atoms with E-state index in [-0.39, 0.29) is 18.6 Å². The molecule has 0 unspecified atom stereocenters. The van der Waals surface area contributed by atoms with Crippen LogP contribution >= 0.6 is 11.3 Å². The quantitative estimate of drug-likeness (QED) is 0.594. The fourth-order valence-corrected chi connectivity index (χ4v) is 4.21. The van der Waals surface area contributed by atoms with Crippen LogP contribution in [0.3, 0.4) is 0 Å². The van der Waals surface area contributed by atoms with Gasteiger partial charge in [0.25, 0.3) is 0 Å². The lowest BCUT2D eigenvalue weighted by Gasteiger charge is -2.25. The topological polar surface area (TPSA) is 70.0 Å². The Balaban J connectivity index is 2.32. The van der Waals surface area contributed by atoms with Gasteiger partial charge in [-0.25, -0.2) is 0 Å². The zero-order chi connectivity index (χ0) is 18.5. The van der Waals surface area contributed by atoms with Gasteiger partial charge in [-0.3, -0.25) is 4.79 Å². The van der Waals surface area contributed by atoms with Crippen LogP contribution in [0.2, 0.25) is 0 Å². The molecule has 6 heteroatoms. The summed E-state index contributed by atoms with van der Waals surface area (Å²) >= 11 is 1.53. The van der Waals surface area contributed by atoms with Crippen LogP contribution in [0.4, 0.5) is 5.69 Å². The highest BCUT2D eigenvalue weighted by Gasteiger charge is 2.18. The van der Waals surface area contributed by atoms with Crippen molar-refractivity contribution >= 4 is 37.2 Å². The molecule has 3 rings (SSSR count). The Morgan fingerprint density at radius 1 is 1.08 bits per heavy atom. The Hall–Kier alpha value is -2.15. The summed E-state index contributed by atoms with van der Waals surface area (Å²) < 4.78 is 7.60. The SMILES string of the molecule is CCCOc1ccc(N(CCO)CCO)c2c(=O)c3ccccc3sc12. The van der Waals surface area contributed by atoms with Gasteiger partial charge < -0.3 is 19.8 Å². The van der Waals surface area contributed by atoms with Gasteiger partial charge in [0.05, 0.1) is 29.9 Å². The number of aliphatic hydroxyl groups is 2. The predicted octanol–water partition coefficient (Wildman–Crippen LogP) is 2.99. The van der Waals surface area contributed by atoms with Crippen LogP contribution in [0, 0.1) is 0 Å². The van der Waals surface area contributed by atoms with Crippen LogP contribution < -0.4 is 15.1 Å². The lowest BCUT2D eigenvalue weighted by Crippen LogP contribution is -2.30. The number of hydrogen-bond donors (Lipinski definition) is 2. The van der Waals surface area contributed by atoms with E-state index in [9.17, 15) is 15.0 Å². The Morgan fingerprint density at radius 2 is 1.81 bits per heavy atom. The number of hydrogen-bond acceptors (Lipinski definition) is 6. The molecule has 0 fully saturated rings. The van der Waals surface area contributed by atoms with Crippen molar-refractivity contribution < 1.29 is 14.9 Å². The monoisotopic (exact) mass is 373 g/mol. The summed E-state index contributed by atoms with van der Waals surface area (Å²) in [4.78, 5) is 15.1. The first-order chi connectivity index (χ1) is 12.7. The maximum absolute atomic E-state index is 13.2. The Kier molecular flexibility index (Phi) is 6.08. The molecular weight excluding hydrogens is 350 g/mol. The molecule has 2 aromatic carbocycles. The highest BCUT2D eigenvalue weighted by Crippen LogP contribution is 2.37. The van der Waals surface area contributed by atoms with Crippen LogP contribution in [0.5, 0.6) is 5.75 Å². The number of fused-ring (bicyclic) bond motifs is 2. The number of rotatable bonds is 8. The van der Waals surface area contributed by atoms with Crippen molar-refractivity contribution in [3.63, 3.8) is 0 Å². The molecule has 0 spiro atoms. The number of aliphatic hydroxyl groups excluding tert-OH is 2. The summed E-state index contributed by atoms with van der Waals surface area (Å²) in [6.45, 7) is 3.21. The minimum absolute atomic E-state index is 0.0489. The van der Waals surface area contributed by atoms with E-state index in [0.717, 1.165) is 21.5 Å². The second kappa shape index (κ2) is 8.49. The van der Waals surface area contributed by atoms with Gasteiger partial charge >= 0.3 is 0 Å². The molecule has 0 bridgehead atoms. The van der Waals surface area contributed by atoms with Gasteiger partial charge in [-0.05, 0) is 30.7 Å². The average Bonchev–Trinajstić information content (AvgIpc) is 2.66. The molecule has 1 heterocycles. The molecule has 0 aliphatic rings. The summed E-state index contributed by atoms with van der Waals surface area (Å²) in [7, 11) is 0. The van der Waals surface area contributed by atoms with Crippen molar-refractivity contribution in [2.45, 2.75) is 13.3 Å². The van der Waals surface area contributed by atoms with Gasteiger partial charge in [0.1, 0.15) is 5.75 Å². The summed E-state index contributed by atoms with van der Waals surface area (Å²) in [5.41, 5.74) is 0.672. The summed E-state index contributed by atoms with van der Waals surface area (Å²) in [5.74, 6) is 0.700. The highest BCUT2D eigenvalue weighted by molar-refractivity contribution is 7.25. The van der Waals surface area contributed by atoms with Crippen molar-refractivity contribution in [2.24, 2.45) is 0 Å². The molecule has 138 valence electrons. The zero-order valence-corrected chi connectivity index (χ0v) is 15.6. The van der Waals surface area contributed by atoms with E-state index in [1.54, 1.807) is 0 Å². The second-order valence-electron chi connectivity index (χ2n) is 6.00. The maximum atomic E-state index is 13.2. The van der Waals surface area contributed by atoms with Crippen LogP contribution in [0.25, 0.3) is 20.2 Å². The molecule has 3 aromatic rings. The smallest absolute Gasteiger partial charge is 0.198 e. The van der Waals surface area contributed by atoms with Crippen molar-refractivity contribution in [1.29, 1.82) is 0 Å². The lowest BCUT2D eigenvalue weighted by molar-refractivity contribution is 0.281. The van der Waals surface area contributed by atoms with Gasteiger partial charge in [-0.1, -0.05) is 19.1 Å². The molecule has 0 aliphatic heterocycles. The molecule has 26 heavy (non-hydrogen) atoms. The molecule has 2 N–H and O–H groups in total. The van der Waals surface area contributed by atoms with Crippen molar-refractivity contribution in [2.75, 3.05) is 37.8 Å². The standard InChI is InChI=1S/C20H23NO4S/c1-2-13-25-16-8-7-15(21(9-11-22)10-12-23)18-19(24)14-5-3-4-6-17(14)26-20(16)18/h3-8,22-23H,2,9-13H2,1H3. The average molecular weight is 373 g/mol. The molecule has 0 saturated carbocycles. The Morgan fingerprint density at radius 3 is 2.50 bits per heavy atom. The molecule has 0 atom stereocenters. The molecule has 5 nitrogen and oxygen atoms in total. The van der Waals surface area contributed by atoms with E-state index in [1.807, 2.05) is 48.2 Å². The minimum Gasteiger partial charge on any atom is -0.492 e. The molecule has 0 saturated heterocycles. The fraction of sp³-hybridized carbons (Fsp3) is 0.350. The number of anilines is 1. The number of ether oxygens (including phenoxy) is 1.